The zero-order valence-corrected chi connectivity index (χ0v) is 9.95. The van der Waals surface area contributed by atoms with Crippen LogP contribution >= 0.6 is 0 Å². The quantitative estimate of drug-likeness (QED) is 0.769. The molecule has 0 saturated carbocycles. The van der Waals surface area contributed by atoms with Crippen LogP contribution in [0.4, 0.5) is 8.78 Å². The van der Waals surface area contributed by atoms with Gasteiger partial charge in [0.1, 0.15) is 11.6 Å². The number of ether oxygens (including phenoxy) is 1. The van der Waals surface area contributed by atoms with Crippen LogP contribution in [0.15, 0.2) is 30.5 Å². The predicted molar refractivity (Wildman–Crippen MR) is 65.1 cm³/mol. The third-order valence-electron chi connectivity index (χ3n) is 2.71. The maximum absolute atomic E-state index is 13.6. The second-order valence-corrected chi connectivity index (χ2v) is 4.03. The van der Waals surface area contributed by atoms with Gasteiger partial charge in [0.15, 0.2) is 17.2 Å². The number of nitrogens with zero attached hydrogens (tertiary/aromatic N) is 2. The number of nitrogens with one attached hydrogen (secondary N) is 1. The Morgan fingerprint density at radius 3 is 2.84 bits per heavy atom. The molecule has 19 heavy (non-hydrogen) atoms. The number of benzene rings is 1. The van der Waals surface area contributed by atoms with E-state index < -0.39 is 11.6 Å². The third-order valence-corrected chi connectivity index (χ3v) is 2.71. The van der Waals surface area contributed by atoms with E-state index in [0.717, 1.165) is 23.9 Å². The fourth-order valence-corrected chi connectivity index (χ4v) is 1.82. The van der Waals surface area contributed by atoms with E-state index >= 15 is 0 Å². The first-order chi connectivity index (χ1) is 9.15. The Balaban J connectivity index is 2.10. The normalized spacial score (nSPS) is 10.9. The topological polar surface area (TPSA) is 50.8 Å². The van der Waals surface area contributed by atoms with E-state index in [1.54, 1.807) is 13.0 Å². The van der Waals surface area contributed by atoms with Gasteiger partial charge in [0.2, 0.25) is 0 Å². The first-order valence-electron chi connectivity index (χ1n) is 5.58. The van der Waals surface area contributed by atoms with E-state index in [9.17, 15) is 8.78 Å². The van der Waals surface area contributed by atoms with E-state index in [4.69, 9.17) is 4.74 Å². The molecule has 0 spiro atoms. The number of aromatic amines is 1. The Labute approximate surface area is 107 Å². The van der Waals surface area contributed by atoms with Gasteiger partial charge in [-0.1, -0.05) is 0 Å². The van der Waals surface area contributed by atoms with Crippen LogP contribution in [0.1, 0.15) is 5.69 Å². The summed E-state index contributed by atoms with van der Waals surface area (Å²) in [5.74, 6) is -0.994. The maximum Gasteiger partial charge on any atom is 0.184 e. The van der Waals surface area contributed by atoms with Crippen molar-refractivity contribution in [1.29, 1.82) is 0 Å². The Bertz CT molecular complexity index is 755. The lowest BCUT2D eigenvalue weighted by molar-refractivity contribution is 0.440. The molecule has 0 unspecified atom stereocenters. The van der Waals surface area contributed by atoms with Crippen molar-refractivity contribution in [2.75, 3.05) is 0 Å². The summed E-state index contributed by atoms with van der Waals surface area (Å²) < 4.78 is 32.1. The van der Waals surface area contributed by atoms with Crippen molar-refractivity contribution in [3.05, 3.63) is 47.8 Å². The minimum absolute atomic E-state index is 0.173. The molecule has 1 N–H and O–H groups in total. The second kappa shape index (κ2) is 4.31. The highest BCUT2D eigenvalue weighted by atomic mass is 19.1. The summed E-state index contributed by atoms with van der Waals surface area (Å²) in [5.41, 5.74) is 1.21. The van der Waals surface area contributed by atoms with Crippen LogP contribution in [-0.2, 0) is 0 Å². The number of pyridine rings is 1. The molecule has 0 aliphatic heterocycles. The molecule has 0 fully saturated rings. The van der Waals surface area contributed by atoms with Gasteiger partial charge in [0.25, 0.3) is 0 Å². The molecule has 6 heteroatoms. The zero-order valence-electron chi connectivity index (χ0n) is 9.95. The average Bonchev–Trinajstić information content (AvgIpc) is 2.77. The first kappa shape index (κ1) is 11.6. The van der Waals surface area contributed by atoms with Crippen LogP contribution < -0.4 is 4.74 Å². The summed E-state index contributed by atoms with van der Waals surface area (Å²) in [6.07, 6.45) is 1.50. The standard InChI is InChI=1S/C13H9F2N3O/c1-7-12-10(4-5-16-13(12)18-17-7)19-11-6-8(14)2-3-9(11)15/h2-6H,1H3,(H,16,17,18). The molecule has 3 rings (SSSR count). The monoisotopic (exact) mass is 261 g/mol. The number of H-pyrrole nitrogens is 1. The number of hydrogen-bond donors (Lipinski definition) is 1. The lowest BCUT2D eigenvalue weighted by Crippen LogP contribution is -1.91. The molecule has 4 nitrogen and oxygen atoms in total. The fraction of sp³-hybridized carbons (Fsp3) is 0.0769. The maximum atomic E-state index is 13.6. The Hall–Kier alpha value is -2.50. The number of hydrogen-bond acceptors (Lipinski definition) is 3. The Morgan fingerprint density at radius 2 is 2.00 bits per heavy atom. The van der Waals surface area contributed by atoms with Gasteiger partial charge < -0.3 is 4.74 Å². The van der Waals surface area contributed by atoms with Crippen LogP contribution in [0.3, 0.4) is 0 Å². The van der Waals surface area contributed by atoms with Crippen molar-refractivity contribution in [3.63, 3.8) is 0 Å². The van der Waals surface area contributed by atoms with Gasteiger partial charge in [0.05, 0.1) is 5.39 Å². The minimum atomic E-state index is -0.632. The van der Waals surface area contributed by atoms with Gasteiger partial charge in [-0.05, 0) is 25.1 Å². The van der Waals surface area contributed by atoms with Gasteiger partial charge in [-0.3, -0.25) is 5.10 Å². The summed E-state index contributed by atoms with van der Waals surface area (Å²) in [6, 6.07) is 4.63. The summed E-state index contributed by atoms with van der Waals surface area (Å²) in [7, 11) is 0. The summed E-state index contributed by atoms with van der Waals surface area (Å²) in [5, 5.41) is 7.39. The van der Waals surface area contributed by atoms with Crippen LogP contribution in [0.25, 0.3) is 11.0 Å². The Morgan fingerprint density at radius 1 is 1.16 bits per heavy atom. The minimum Gasteiger partial charge on any atom is -0.453 e. The smallest absolute Gasteiger partial charge is 0.184 e. The number of rotatable bonds is 2. The molecule has 1 aromatic carbocycles. The van der Waals surface area contributed by atoms with Crippen LogP contribution in [-0.4, -0.2) is 15.2 Å². The number of halogens is 2. The molecule has 0 saturated heterocycles. The molecule has 0 bridgehead atoms. The van der Waals surface area contributed by atoms with Crippen molar-refractivity contribution in [2.24, 2.45) is 0 Å². The van der Waals surface area contributed by atoms with E-state index in [1.165, 1.54) is 6.20 Å². The summed E-state index contributed by atoms with van der Waals surface area (Å²) in [4.78, 5) is 4.05. The van der Waals surface area contributed by atoms with Crippen molar-refractivity contribution in [1.82, 2.24) is 15.2 Å². The average molecular weight is 261 g/mol. The van der Waals surface area contributed by atoms with Crippen molar-refractivity contribution < 1.29 is 13.5 Å². The van der Waals surface area contributed by atoms with E-state index in [-0.39, 0.29) is 5.75 Å². The van der Waals surface area contributed by atoms with Crippen molar-refractivity contribution >= 4 is 11.0 Å². The van der Waals surface area contributed by atoms with Crippen LogP contribution in [0.5, 0.6) is 11.5 Å². The highest BCUT2D eigenvalue weighted by Gasteiger charge is 2.12. The van der Waals surface area contributed by atoms with E-state index in [2.05, 4.69) is 15.2 Å². The Kier molecular flexibility index (Phi) is 2.63. The molecule has 0 amide bonds. The van der Waals surface area contributed by atoms with Crippen molar-refractivity contribution in [2.45, 2.75) is 6.92 Å². The number of aromatic nitrogens is 3. The number of fused-ring (bicyclic) bond motifs is 1. The fourth-order valence-electron chi connectivity index (χ4n) is 1.82. The lowest BCUT2D eigenvalue weighted by Gasteiger charge is -2.07. The van der Waals surface area contributed by atoms with Crippen LogP contribution in [0.2, 0.25) is 0 Å². The molecule has 2 aromatic heterocycles. The van der Waals surface area contributed by atoms with Gasteiger partial charge >= 0.3 is 0 Å². The van der Waals surface area contributed by atoms with E-state index in [0.29, 0.717) is 16.8 Å². The first-order valence-corrected chi connectivity index (χ1v) is 5.58. The molecule has 3 aromatic rings. The highest BCUT2D eigenvalue weighted by molar-refractivity contribution is 5.84. The van der Waals surface area contributed by atoms with Gasteiger partial charge in [0, 0.05) is 18.0 Å². The zero-order chi connectivity index (χ0) is 13.4. The second-order valence-electron chi connectivity index (χ2n) is 4.03. The third kappa shape index (κ3) is 2.01. The van der Waals surface area contributed by atoms with Crippen molar-refractivity contribution in [3.8, 4) is 11.5 Å². The number of aryl methyl sites for hydroxylation is 1. The molecule has 0 aliphatic rings. The highest BCUT2D eigenvalue weighted by Crippen LogP contribution is 2.31. The SMILES string of the molecule is Cc1[nH]nc2nccc(Oc3cc(F)ccc3F)c12. The molecular formula is C13H9F2N3O. The molecular weight excluding hydrogens is 252 g/mol. The molecule has 96 valence electrons. The molecule has 0 radical (unpaired) electrons. The molecule has 2 heterocycles. The van der Waals surface area contributed by atoms with Gasteiger partial charge in [-0.15, -0.1) is 0 Å². The van der Waals surface area contributed by atoms with E-state index in [1.807, 2.05) is 0 Å². The van der Waals surface area contributed by atoms with Crippen LogP contribution in [0, 0.1) is 18.6 Å². The largest absolute Gasteiger partial charge is 0.453 e. The lowest BCUT2D eigenvalue weighted by atomic mass is 10.2. The predicted octanol–water partition coefficient (Wildman–Crippen LogP) is 3.34. The molecule has 0 atom stereocenters. The van der Waals surface area contributed by atoms with Gasteiger partial charge in [-0.2, -0.15) is 5.10 Å². The molecule has 0 aliphatic carbocycles. The summed E-state index contributed by atoms with van der Waals surface area (Å²) in [6.45, 7) is 1.80. The van der Waals surface area contributed by atoms with Gasteiger partial charge in [-0.25, -0.2) is 13.8 Å². The summed E-state index contributed by atoms with van der Waals surface area (Å²) >= 11 is 0.